The van der Waals surface area contributed by atoms with Gasteiger partial charge in [0.15, 0.2) is 0 Å². The van der Waals surface area contributed by atoms with Gasteiger partial charge >= 0.3 is 5.97 Å². The molecule has 22 heavy (non-hydrogen) atoms. The van der Waals surface area contributed by atoms with Crippen LogP contribution in [0.2, 0.25) is 0 Å². The SMILES string of the molecule is CCC(C)C(NC(=O)c1cc2c(s1)CCCCC2)C(=O)OC. The third kappa shape index (κ3) is 3.88. The van der Waals surface area contributed by atoms with Crippen LogP contribution in [0.3, 0.4) is 0 Å². The summed E-state index contributed by atoms with van der Waals surface area (Å²) < 4.78 is 4.82. The molecule has 0 fully saturated rings. The standard InChI is InChI=1S/C17H25NO3S/c1-4-11(2)15(17(20)21-3)18-16(19)14-10-12-8-6-5-7-9-13(12)22-14/h10-11,15H,4-9H2,1-3H3,(H,18,19). The second-order valence-corrected chi connectivity index (χ2v) is 7.12. The number of hydrogen-bond acceptors (Lipinski definition) is 4. The van der Waals surface area contributed by atoms with E-state index in [9.17, 15) is 9.59 Å². The highest BCUT2D eigenvalue weighted by Crippen LogP contribution is 2.29. The Morgan fingerprint density at radius 1 is 1.32 bits per heavy atom. The fourth-order valence-corrected chi connectivity index (χ4v) is 3.94. The van der Waals surface area contributed by atoms with E-state index in [1.54, 1.807) is 11.3 Å². The summed E-state index contributed by atoms with van der Waals surface area (Å²) in [6.45, 7) is 3.95. The van der Waals surface area contributed by atoms with Gasteiger partial charge in [-0.3, -0.25) is 4.79 Å². The zero-order valence-electron chi connectivity index (χ0n) is 13.6. The van der Waals surface area contributed by atoms with Gasteiger partial charge in [-0.05, 0) is 43.2 Å². The molecule has 0 spiro atoms. The van der Waals surface area contributed by atoms with Crippen molar-refractivity contribution in [2.45, 2.75) is 58.4 Å². The average Bonchev–Trinajstić information content (AvgIpc) is 2.82. The highest BCUT2D eigenvalue weighted by molar-refractivity contribution is 7.14. The molecule has 1 aromatic heterocycles. The lowest BCUT2D eigenvalue weighted by Crippen LogP contribution is -2.45. The van der Waals surface area contributed by atoms with Crippen molar-refractivity contribution < 1.29 is 14.3 Å². The molecule has 0 saturated carbocycles. The van der Waals surface area contributed by atoms with Crippen LogP contribution in [0.15, 0.2) is 6.07 Å². The number of amides is 1. The van der Waals surface area contributed by atoms with Gasteiger partial charge in [-0.2, -0.15) is 0 Å². The molecule has 0 aliphatic heterocycles. The van der Waals surface area contributed by atoms with E-state index in [0.717, 1.165) is 19.3 Å². The molecule has 122 valence electrons. The van der Waals surface area contributed by atoms with Crippen LogP contribution in [-0.2, 0) is 22.4 Å². The maximum atomic E-state index is 12.5. The molecule has 4 nitrogen and oxygen atoms in total. The summed E-state index contributed by atoms with van der Waals surface area (Å²) in [5.74, 6) is -0.483. The summed E-state index contributed by atoms with van der Waals surface area (Å²) in [6.07, 6.45) is 6.60. The zero-order valence-corrected chi connectivity index (χ0v) is 14.4. The second-order valence-electron chi connectivity index (χ2n) is 5.98. The summed E-state index contributed by atoms with van der Waals surface area (Å²) in [5.41, 5.74) is 1.31. The Hall–Kier alpha value is -1.36. The highest BCUT2D eigenvalue weighted by Gasteiger charge is 2.28. The Labute approximate surface area is 136 Å². The predicted octanol–water partition coefficient (Wildman–Crippen LogP) is 3.33. The number of rotatable bonds is 5. The Morgan fingerprint density at radius 3 is 2.73 bits per heavy atom. The average molecular weight is 323 g/mol. The molecule has 2 unspecified atom stereocenters. The van der Waals surface area contributed by atoms with Crippen molar-refractivity contribution >= 4 is 23.2 Å². The first-order chi connectivity index (χ1) is 10.6. The normalized spacial score (nSPS) is 17.0. The first-order valence-electron chi connectivity index (χ1n) is 8.07. The van der Waals surface area contributed by atoms with Crippen molar-refractivity contribution in [3.63, 3.8) is 0 Å². The van der Waals surface area contributed by atoms with Crippen molar-refractivity contribution in [3.8, 4) is 0 Å². The Bertz CT molecular complexity index is 515. The fourth-order valence-electron chi connectivity index (χ4n) is 2.79. The number of hydrogen-bond donors (Lipinski definition) is 1. The minimum Gasteiger partial charge on any atom is -0.467 e. The maximum Gasteiger partial charge on any atom is 0.328 e. The van der Waals surface area contributed by atoms with Crippen molar-refractivity contribution in [1.82, 2.24) is 5.32 Å². The van der Waals surface area contributed by atoms with E-state index in [1.807, 2.05) is 19.9 Å². The van der Waals surface area contributed by atoms with Crippen molar-refractivity contribution in [2.24, 2.45) is 5.92 Å². The Morgan fingerprint density at radius 2 is 2.05 bits per heavy atom. The molecule has 1 amide bonds. The molecule has 1 aliphatic carbocycles. The molecule has 0 bridgehead atoms. The topological polar surface area (TPSA) is 55.4 Å². The fraction of sp³-hybridized carbons (Fsp3) is 0.647. The van der Waals surface area contributed by atoms with Gasteiger partial charge < -0.3 is 10.1 Å². The second kappa shape index (κ2) is 7.77. The predicted molar refractivity (Wildman–Crippen MR) is 88.3 cm³/mol. The van der Waals surface area contributed by atoms with Crippen LogP contribution < -0.4 is 5.32 Å². The molecular formula is C17H25NO3S. The molecule has 2 atom stereocenters. The van der Waals surface area contributed by atoms with Crippen molar-refractivity contribution in [1.29, 1.82) is 0 Å². The smallest absolute Gasteiger partial charge is 0.328 e. The van der Waals surface area contributed by atoms with Gasteiger partial charge in [0.25, 0.3) is 5.91 Å². The number of fused-ring (bicyclic) bond motifs is 1. The van der Waals surface area contributed by atoms with Crippen LogP contribution in [0.5, 0.6) is 0 Å². The lowest BCUT2D eigenvalue weighted by molar-refractivity contribution is -0.144. The molecule has 0 radical (unpaired) electrons. The summed E-state index contributed by atoms with van der Waals surface area (Å²) in [7, 11) is 1.36. The quantitative estimate of drug-likeness (QED) is 0.668. The van der Waals surface area contributed by atoms with Crippen LogP contribution in [0.4, 0.5) is 0 Å². The lowest BCUT2D eigenvalue weighted by Gasteiger charge is -2.21. The van der Waals surface area contributed by atoms with E-state index in [4.69, 9.17) is 4.74 Å². The number of esters is 1. The van der Waals surface area contributed by atoms with E-state index in [-0.39, 0.29) is 17.8 Å². The number of ether oxygens (including phenoxy) is 1. The van der Waals surface area contributed by atoms with E-state index in [2.05, 4.69) is 5.32 Å². The summed E-state index contributed by atoms with van der Waals surface area (Å²) >= 11 is 1.57. The molecule has 1 aliphatic rings. The van der Waals surface area contributed by atoms with Gasteiger partial charge in [-0.25, -0.2) is 4.79 Å². The number of aryl methyl sites for hydroxylation is 2. The lowest BCUT2D eigenvalue weighted by atomic mass is 9.99. The van der Waals surface area contributed by atoms with Crippen LogP contribution >= 0.6 is 11.3 Å². The zero-order chi connectivity index (χ0) is 16.1. The van der Waals surface area contributed by atoms with Crippen LogP contribution in [0, 0.1) is 5.92 Å². The summed E-state index contributed by atoms with van der Waals surface area (Å²) in [4.78, 5) is 26.4. The monoisotopic (exact) mass is 323 g/mol. The maximum absolute atomic E-state index is 12.5. The van der Waals surface area contributed by atoms with Crippen LogP contribution in [0.1, 0.15) is 59.6 Å². The molecule has 1 heterocycles. The van der Waals surface area contributed by atoms with Gasteiger partial charge in [-0.15, -0.1) is 11.3 Å². The molecular weight excluding hydrogens is 298 g/mol. The van der Waals surface area contributed by atoms with E-state index in [1.165, 1.54) is 36.8 Å². The number of nitrogens with one attached hydrogen (secondary N) is 1. The highest BCUT2D eigenvalue weighted by atomic mass is 32.1. The van der Waals surface area contributed by atoms with Gasteiger partial charge in [-0.1, -0.05) is 26.7 Å². The molecule has 5 heteroatoms. The largest absolute Gasteiger partial charge is 0.467 e. The Kier molecular flexibility index (Phi) is 6.00. The first-order valence-corrected chi connectivity index (χ1v) is 8.88. The van der Waals surface area contributed by atoms with Crippen LogP contribution in [0.25, 0.3) is 0 Å². The number of carbonyl (C=O) groups is 2. The number of carbonyl (C=O) groups excluding carboxylic acids is 2. The number of methoxy groups -OCH3 is 1. The summed E-state index contributed by atoms with van der Waals surface area (Å²) in [5, 5.41) is 2.86. The third-order valence-electron chi connectivity index (χ3n) is 4.43. The van der Waals surface area contributed by atoms with E-state index in [0.29, 0.717) is 4.88 Å². The van der Waals surface area contributed by atoms with Crippen LogP contribution in [-0.4, -0.2) is 25.0 Å². The third-order valence-corrected chi connectivity index (χ3v) is 5.66. The molecule has 0 aromatic carbocycles. The van der Waals surface area contributed by atoms with Gasteiger partial charge in [0, 0.05) is 4.88 Å². The van der Waals surface area contributed by atoms with Crippen molar-refractivity contribution in [3.05, 3.63) is 21.4 Å². The van der Waals surface area contributed by atoms with E-state index < -0.39 is 6.04 Å². The van der Waals surface area contributed by atoms with E-state index >= 15 is 0 Å². The van der Waals surface area contributed by atoms with Gasteiger partial charge in [0.05, 0.1) is 12.0 Å². The van der Waals surface area contributed by atoms with Crippen molar-refractivity contribution in [2.75, 3.05) is 7.11 Å². The van der Waals surface area contributed by atoms with Gasteiger partial charge in [0.1, 0.15) is 6.04 Å². The molecule has 1 N–H and O–H groups in total. The summed E-state index contributed by atoms with van der Waals surface area (Å²) in [6, 6.07) is 1.43. The number of thiophene rings is 1. The Balaban J connectivity index is 2.11. The molecule has 0 saturated heterocycles. The minimum absolute atomic E-state index is 0.0502. The van der Waals surface area contributed by atoms with Gasteiger partial charge in [0.2, 0.25) is 0 Å². The molecule has 1 aromatic rings. The molecule has 2 rings (SSSR count). The minimum atomic E-state index is -0.579. The first kappa shape index (κ1) is 17.0.